The molecular weight excluding hydrogens is 260 g/mol. The van der Waals surface area contributed by atoms with Crippen LogP contribution in [0.4, 0.5) is 5.69 Å². The van der Waals surface area contributed by atoms with Crippen LogP contribution in [0.1, 0.15) is 18.2 Å². The maximum absolute atomic E-state index is 6.11. The first-order valence-corrected chi connectivity index (χ1v) is 7.25. The molecule has 3 aromatic rings. The third-order valence-corrected chi connectivity index (χ3v) is 3.76. The quantitative estimate of drug-likeness (QED) is 0.730. The molecule has 0 amide bonds. The molecule has 0 radical (unpaired) electrons. The standard InChI is InChI=1S/C18H20N2O/c1-3-20-15(11-14-5-4-6-17(19)18(14)20)12-21-16-9-7-13(2)8-10-16/h4-11H,3,12,19H2,1-2H3. The molecule has 0 saturated heterocycles. The van der Waals surface area contributed by atoms with E-state index in [4.69, 9.17) is 10.5 Å². The molecule has 108 valence electrons. The number of ether oxygens (including phenoxy) is 1. The van der Waals surface area contributed by atoms with Gasteiger partial charge < -0.3 is 15.0 Å². The van der Waals surface area contributed by atoms with Gasteiger partial charge in [-0.15, -0.1) is 0 Å². The Labute approximate surface area is 125 Å². The number of hydrogen-bond acceptors (Lipinski definition) is 2. The van der Waals surface area contributed by atoms with Crippen molar-refractivity contribution in [2.24, 2.45) is 0 Å². The van der Waals surface area contributed by atoms with Crippen molar-refractivity contribution >= 4 is 16.6 Å². The van der Waals surface area contributed by atoms with E-state index in [1.807, 2.05) is 24.3 Å². The van der Waals surface area contributed by atoms with Gasteiger partial charge in [-0.05, 0) is 38.1 Å². The summed E-state index contributed by atoms with van der Waals surface area (Å²) in [4.78, 5) is 0. The second-order valence-electron chi connectivity index (χ2n) is 5.27. The van der Waals surface area contributed by atoms with Crippen molar-refractivity contribution in [3.8, 4) is 5.75 Å². The van der Waals surface area contributed by atoms with Gasteiger partial charge in [0, 0.05) is 11.9 Å². The van der Waals surface area contributed by atoms with E-state index in [1.165, 1.54) is 10.9 Å². The highest BCUT2D eigenvalue weighted by molar-refractivity contribution is 5.91. The van der Waals surface area contributed by atoms with E-state index in [-0.39, 0.29) is 0 Å². The van der Waals surface area contributed by atoms with E-state index in [2.05, 4.69) is 42.7 Å². The number of fused-ring (bicyclic) bond motifs is 1. The number of aryl methyl sites for hydroxylation is 2. The molecule has 21 heavy (non-hydrogen) atoms. The Morgan fingerprint density at radius 2 is 1.86 bits per heavy atom. The molecule has 1 aromatic heterocycles. The van der Waals surface area contributed by atoms with Crippen LogP contribution in [0.5, 0.6) is 5.75 Å². The predicted octanol–water partition coefficient (Wildman–Crippen LogP) is 4.13. The monoisotopic (exact) mass is 280 g/mol. The molecule has 0 spiro atoms. The fourth-order valence-corrected chi connectivity index (χ4v) is 2.68. The van der Waals surface area contributed by atoms with Gasteiger partial charge in [0.1, 0.15) is 12.4 Å². The van der Waals surface area contributed by atoms with Crippen molar-refractivity contribution in [3.05, 3.63) is 59.8 Å². The zero-order valence-electron chi connectivity index (χ0n) is 12.5. The normalized spacial score (nSPS) is 11.0. The van der Waals surface area contributed by atoms with Gasteiger partial charge in [-0.3, -0.25) is 0 Å². The van der Waals surface area contributed by atoms with Crippen LogP contribution in [0, 0.1) is 6.92 Å². The minimum atomic E-state index is 0.547. The molecule has 0 aliphatic carbocycles. The Balaban J connectivity index is 1.90. The molecule has 0 unspecified atom stereocenters. The molecule has 0 aliphatic heterocycles. The first-order chi connectivity index (χ1) is 10.2. The minimum absolute atomic E-state index is 0.547. The molecule has 0 atom stereocenters. The van der Waals surface area contributed by atoms with Crippen molar-refractivity contribution in [3.63, 3.8) is 0 Å². The fourth-order valence-electron chi connectivity index (χ4n) is 2.68. The van der Waals surface area contributed by atoms with Crippen molar-refractivity contribution in [2.45, 2.75) is 27.0 Å². The van der Waals surface area contributed by atoms with E-state index in [0.717, 1.165) is 29.2 Å². The lowest BCUT2D eigenvalue weighted by Crippen LogP contribution is -2.05. The van der Waals surface area contributed by atoms with Gasteiger partial charge in [0.15, 0.2) is 0 Å². The largest absolute Gasteiger partial charge is 0.487 e. The van der Waals surface area contributed by atoms with Gasteiger partial charge in [-0.1, -0.05) is 29.8 Å². The number of para-hydroxylation sites is 1. The number of nitrogens with two attached hydrogens (primary N) is 1. The van der Waals surface area contributed by atoms with E-state index in [1.54, 1.807) is 0 Å². The van der Waals surface area contributed by atoms with Crippen molar-refractivity contribution in [1.82, 2.24) is 4.57 Å². The van der Waals surface area contributed by atoms with Gasteiger partial charge >= 0.3 is 0 Å². The van der Waals surface area contributed by atoms with Gasteiger partial charge in [-0.25, -0.2) is 0 Å². The summed E-state index contributed by atoms with van der Waals surface area (Å²) in [5.74, 6) is 0.890. The Morgan fingerprint density at radius 1 is 1.10 bits per heavy atom. The number of nitrogen functional groups attached to an aromatic ring is 1. The number of hydrogen-bond donors (Lipinski definition) is 1. The second kappa shape index (κ2) is 5.52. The zero-order valence-corrected chi connectivity index (χ0v) is 12.5. The van der Waals surface area contributed by atoms with E-state index >= 15 is 0 Å². The lowest BCUT2D eigenvalue weighted by Gasteiger charge is -2.11. The highest BCUT2D eigenvalue weighted by Gasteiger charge is 2.10. The van der Waals surface area contributed by atoms with E-state index < -0.39 is 0 Å². The second-order valence-corrected chi connectivity index (χ2v) is 5.27. The fraction of sp³-hybridized carbons (Fsp3) is 0.222. The molecule has 3 nitrogen and oxygen atoms in total. The van der Waals surface area contributed by atoms with Crippen molar-refractivity contribution < 1.29 is 4.74 Å². The highest BCUT2D eigenvalue weighted by Crippen LogP contribution is 2.26. The molecule has 3 heteroatoms. The Hall–Kier alpha value is -2.42. The average Bonchev–Trinajstić information content (AvgIpc) is 2.85. The number of nitrogens with zero attached hydrogens (tertiary/aromatic N) is 1. The first-order valence-electron chi connectivity index (χ1n) is 7.25. The summed E-state index contributed by atoms with van der Waals surface area (Å²) in [5.41, 5.74) is 10.4. The number of anilines is 1. The summed E-state index contributed by atoms with van der Waals surface area (Å²) in [6.07, 6.45) is 0. The number of benzene rings is 2. The molecule has 0 bridgehead atoms. The maximum atomic E-state index is 6.11. The topological polar surface area (TPSA) is 40.2 Å². The van der Waals surface area contributed by atoms with Gasteiger partial charge in [0.05, 0.1) is 16.9 Å². The minimum Gasteiger partial charge on any atom is -0.487 e. The lowest BCUT2D eigenvalue weighted by molar-refractivity contribution is 0.296. The number of rotatable bonds is 4. The molecule has 0 saturated carbocycles. The third kappa shape index (κ3) is 2.59. The van der Waals surface area contributed by atoms with Crippen LogP contribution in [-0.4, -0.2) is 4.57 Å². The zero-order chi connectivity index (χ0) is 14.8. The molecule has 0 aliphatic rings. The molecule has 1 heterocycles. The van der Waals surface area contributed by atoms with Crippen molar-refractivity contribution in [1.29, 1.82) is 0 Å². The average molecular weight is 280 g/mol. The predicted molar refractivity (Wildman–Crippen MR) is 87.5 cm³/mol. The van der Waals surface area contributed by atoms with Crippen molar-refractivity contribution in [2.75, 3.05) is 5.73 Å². The summed E-state index contributed by atoms with van der Waals surface area (Å²) >= 11 is 0. The van der Waals surface area contributed by atoms with E-state index in [9.17, 15) is 0 Å². The SMILES string of the molecule is CCn1c(COc2ccc(C)cc2)cc2cccc(N)c21. The maximum Gasteiger partial charge on any atom is 0.128 e. The molecule has 2 aromatic carbocycles. The Morgan fingerprint density at radius 3 is 2.57 bits per heavy atom. The molecule has 3 rings (SSSR count). The van der Waals surface area contributed by atoms with Crippen LogP contribution in [0.25, 0.3) is 10.9 Å². The summed E-state index contributed by atoms with van der Waals surface area (Å²) in [6, 6.07) is 16.3. The van der Waals surface area contributed by atoms with Crippen LogP contribution in [0.3, 0.4) is 0 Å². The van der Waals surface area contributed by atoms with E-state index in [0.29, 0.717) is 6.61 Å². The Kier molecular flexibility index (Phi) is 3.57. The van der Waals surface area contributed by atoms with Gasteiger partial charge in [-0.2, -0.15) is 0 Å². The van der Waals surface area contributed by atoms with Crippen LogP contribution >= 0.6 is 0 Å². The summed E-state index contributed by atoms with van der Waals surface area (Å²) in [6.45, 7) is 5.62. The summed E-state index contributed by atoms with van der Waals surface area (Å²) < 4.78 is 8.12. The van der Waals surface area contributed by atoms with Crippen LogP contribution in [-0.2, 0) is 13.2 Å². The first kappa shape index (κ1) is 13.6. The Bertz CT molecular complexity index is 757. The third-order valence-electron chi connectivity index (χ3n) is 3.76. The van der Waals surface area contributed by atoms with Gasteiger partial charge in [0.25, 0.3) is 0 Å². The highest BCUT2D eigenvalue weighted by atomic mass is 16.5. The molecule has 0 fully saturated rings. The summed E-state index contributed by atoms with van der Waals surface area (Å²) in [5, 5.41) is 1.17. The lowest BCUT2D eigenvalue weighted by atomic mass is 10.2. The molecule has 2 N–H and O–H groups in total. The van der Waals surface area contributed by atoms with Crippen LogP contribution < -0.4 is 10.5 Å². The molecular formula is C18H20N2O. The number of aromatic nitrogens is 1. The summed E-state index contributed by atoms with van der Waals surface area (Å²) in [7, 11) is 0. The van der Waals surface area contributed by atoms with Gasteiger partial charge in [0.2, 0.25) is 0 Å². The smallest absolute Gasteiger partial charge is 0.128 e. The van der Waals surface area contributed by atoms with Crippen LogP contribution in [0.15, 0.2) is 48.5 Å². The van der Waals surface area contributed by atoms with Crippen LogP contribution in [0.2, 0.25) is 0 Å².